The maximum atomic E-state index is 13.8. The van der Waals surface area contributed by atoms with E-state index in [0.717, 1.165) is 42.6 Å². The number of likely N-dealkylation sites (tertiary alicyclic amines) is 1. The van der Waals surface area contributed by atoms with Crippen LogP contribution in [0.2, 0.25) is 5.02 Å². The lowest BCUT2D eigenvalue weighted by Gasteiger charge is -2.26. The third-order valence-corrected chi connectivity index (χ3v) is 6.79. The molecule has 1 amide bonds. The van der Waals surface area contributed by atoms with Gasteiger partial charge in [-0.1, -0.05) is 29.3 Å². The predicted molar refractivity (Wildman–Crippen MR) is 121 cm³/mol. The second-order valence-corrected chi connectivity index (χ2v) is 9.36. The van der Waals surface area contributed by atoms with E-state index in [9.17, 15) is 4.79 Å². The van der Waals surface area contributed by atoms with Crippen molar-refractivity contribution in [3.8, 4) is 11.4 Å². The standard InChI is InChI=1S/C25H25ClN4O/c1-17-3-8-21(23-27-11-2-12-28-23)22(13-17)24(31)30-16-25(9-10-25)14-20(30)7-6-19-5-4-18(26)15-29-19/h2-5,8,11-13,15,20H,6-7,9-10,14,16H2,1H3/t20-/m1/s1. The van der Waals surface area contributed by atoms with Gasteiger partial charge < -0.3 is 4.90 Å². The smallest absolute Gasteiger partial charge is 0.254 e. The summed E-state index contributed by atoms with van der Waals surface area (Å²) in [5.74, 6) is 0.678. The van der Waals surface area contributed by atoms with Crippen LogP contribution in [0.3, 0.4) is 0 Å². The molecule has 1 aromatic carbocycles. The first kappa shape index (κ1) is 20.1. The molecule has 5 nitrogen and oxygen atoms in total. The lowest BCUT2D eigenvalue weighted by atomic mass is 9.99. The molecule has 1 saturated heterocycles. The van der Waals surface area contributed by atoms with Gasteiger partial charge in [-0.2, -0.15) is 0 Å². The first-order chi connectivity index (χ1) is 15.0. The predicted octanol–water partition coefficient (Wildman–Crippen LogP) is 5.13. The lowest BCUT2D eigenvalue weighted by molar-refractivity contribution is 0.0725. The number of hydrogen-bond donors (Lipinski definition) is 0. The average molecular weight is 433 g/mol. The van der Waals surface area contributed by atoms with Gasteiger partial charge in [0.05, 0.1) is 10.6 Å². The number of aryl methyl sites for hydroxylation is 2. The number of pyridine rings is 1. The van der Waals surface area contributed by atoms with Crippen molar-refractivity contribution in [2.45, 2.75) is 45.1 Å². The summed E-state index contributed by atoms with van der Waals surface area (Å²) in [5, 5.41) is 0.647. The molecule has 6 heteroatoms. The Morgan fingerprint density at radius 1 is 1.16 bits per heavy atom. The van der Waals surface area contributed by atoms with E-state index >= 15 is 0 Å². The van der Waals surface area contributed by atoms with Crippen molar-refractivity contribution in [1.82, 2.24) is 19.9 Å². The summed E-state index contributed by atoms with van der Waals surface area (Å²) in [7, 11) is 0. The molecule has 0 unspecified atom stereocenters. The van der Waals surface area contributed by atoms with Gasteiger partial charge in [0.1, 0.15) is 0 Å². The highest BCUT2D eigenvalue weighted by atomic mass is 35.5. The fourth-order valence-electron chi connectivity index (χ4n) is 4.69. The van der Waals surface area contributed by atoms with Gasteiger partial charge in [0.25, 0.3) is 5.91 Å². The van der Waals surface area contributed by atoms with E-state index in [1.165, 1.54) is 12.8 Å². The number of benzene rings is 1. The van der Waals surface area contributed by atoms with Crippen molar-refractivity contribution in [3.05, 3.63) is 76.8 Å². The lowest BCUT2D eigenvalue weighted by Crippen LogP contribution is -2.36. The molecule has 1 saturated carbocycles. The molecule has 0 N–H and O–H groups in total. The Bertz CT molecular complexity index is 1100. The van der Waals surface area contributed by atoms with Gasteiger partial charge in [0.2, 0.25) is 0 Å². The van der Waals surface area contributed by atoms with Crippen LogP contribution in [-0.2, 0) is 6.42 Å². The van der Waals surface area contributed by atoms with Gasteiger partial charge in [0.15, 0.2) is 5.82 Å². The zero-order valence-electron chi connectivity index (χ0n) is 17.6. The minimum atomic E-state index is 0.0870. The number of amides is 1. The van der Waals surface area contributed by atoms with Crippen LogP contribution in [-0.4, -0.2) is 38.3 Å². The van der Waals surface area contributed by atoms with Crippen LogP contribution in [0.25, 0.3) is 11.4 Å². The molecule has 158 valence electrons. The number of rotatable bonds is 5. The Morgan fingerprint density at radius 3 is 2.68 bits per heavy atom. The Morgan fingerprint density at radius 2 is 1.97 bits per heavy atom. The van der Waals surface area contributed by atoms with Gasteiger partial charge in [-0.05, 0) is 68.7 Å². The molecule has 0 radical (unpaired) electrons. The summed E-state index contributed by atoms with van der Waals surface area (Å²) in [6.45, 7) is 2.86. The molecule has 5 rings (SSSR count). The minimum absolute atomic E-state index is 0.0870. The molecular weight excluding hydrogens is 408 g/mol. The van der Waals surface area contributed by atoms with Crippen LogP contribution in [0, 0.1) is 12.3 Å². The second kappa shape index (κ2) is 8.04. The molecule has 1 aliphatic heterocycles. The molecule has 1 atom stereocenters. The first-order valence-electron chi connectivity index (χ1n) is 10.8. The second-order valence-electron chi connectivity index (χ2n) is 8.92. The maximum absolute atomic E-state index is 13.8. The van der Waals surface area contributed by atoms with E-state index in [4.69, 9.17) is 11.6 Å². The molecule has 0 bridgehead atoms. The van der Waals surface area contributed by atoms with Crippen LogP contribution >= 0.6 is 11.6 Å². The average Bonchev–Trinajstić information content (AvgIpc) is 3.45. The van der Waals surface area contributed by atoms with Gasteiger partial charge in [-0.15, -0.1) is 0 Å². The van der Waals surface area contributed by atoms with Crippen molar-refractivity contribution in [2.75, 3.05) is 6.54 Å². The van der Waals surface area contributed by atoms with Crippen molar-refractivity contribution in [1.29, 1.82) is 0 Å². The summed E-state index contributed by atoms with van der Waals surface area (Å²) in [6, 6.07) is 11.8. The van der Waals surface area contributed by atoms with Crippen molar-refractivity contribution in [3.63, 3.8) is 0 Å². The van der Waals surface area contributed by atoms with Crippen LogP contribution in [0.4, 0.5) is 0 Å². The first-order valence-corrected chi connectivity index (χ1v) is 11.2. The Hall–Kier alpha value is -2.79. The number of halogens is 1. The third kappa shape index (κ3) is 4.19. The zero-order chi connectivity index (χ0) is 21.4. The van der Waals surface area contributed by atoms with Gasteiger partial charge >= 0.3 is 0 Å². The highest BCUT2D eigenvalue weighted by molar-refractivity contribution is 6.30. The molecule has 2 aromatic heterocycles. The van der Waals surface area contributed by atoms with E-state index < -0.39 is 0 Å². The van der Waals surface area contributed by atoms with Crippen molar-refractivity contribution < 1.29 is 4.79 Å². The molecule has 31 heavy (non-hydrogen) atoms. The summed E-state index contributed by atoms with van der Waals surface area (Å²) in [6.07, 6.45) is 10.4. The molecule has 1 spiro atoms. The van der Waals surface area contributed by atoms with Crippen LogP contribution in [0.15, 0.2) is 55.0 Å². The Balaban J connectivity index is 1.42. The summed E-state index contributed by atoms with van der Waals surface area (Å²) in [5.41, 5.74) is 3.89. The topological polar surface area (TPSA) is 59.0 Å². The SMILES string of the molecule is Cc1ccc(-c2ncccn2)c(C(=O)N2CC3(CC3)C[C@H]2CCc2ccc(Cl)cn2)c1. The Kier molecular flexibility index (Phi) is 5.22. The molecule has 2 fully saturated rings. The number of hydrogen-bond acceptors (Lipinski definition) is 4. The zero-order valence-corrected chi connectivity index (χ0v) is 18.3. The largest absolute Gasteiger partial charge is 0.335 e. The van der Waals surface area contributed by atoms with Gasteiger partial charge in [0, 0.05) is 42.4 Å². The van der Waals surface area contributed by atoms with E-state index in [1.807, 2.05) is 37.3 Å². The highest BCUT2D eigenvalue weighted by Crippen LogP contribution is 2.55. The summed E-state index contributed by atoms with van der Waals surface area (Å²) >= 11 is 5.97. The van der Waals surface area contributed by atoms with Crippen LogP contribution in [0.5, 0.6) is 0 Å². The van der Waals surface area contributed by atoms with Crippen LogP contribution in [0.1, 0.15) is 47.3 Å². The molecular formula is C25H25ClN4O. The maximum Gasteiger partial charge on any atom is 0.254 e. The number of carbonyl (C=O) groups is 1. The molecule has 3 heterocycles. The Labute approximate surface area is 187 Å². The third-order valence-electron chi connectivity index (χ3n) is 6.57. The summed E-state index contributed by atoms with van der Waals surface area (Å²) in [4.78, 5) is 29.1. The number of aromatic nitrogens is 3. The van der Waals surface area contributed by atoms with Crippen molar-refractivity contribution >= 4 is 17.5 Å². The van der Waals surface area contributed by atoms with Gasteiger partial charge in [-0.25, -0.2) is 9.97 Å². The number of nitrogens with zero attached hydrogens (tertiary/aromatic N) is 4. The monoisotopic (exact) mass is 432 g/mol. The summed E-state index contributed by atoms with van der Waals surface area (Å²) < 4.78 is 0. The van der Waals surface area contributed by atoms with Gasteiger partial charge in [-0.3, -0.25) is 9.78 Å². The number of carbonyl (C=O) groups excluding carboxylic acids is 1. The quantitative estimate of drug-likeness (QED) is 0.560. The molecule has 3 aromatic rings. The highest BCUT2D eigenvalue weighted by Gasteiger charge is 2.53. The normalized spacial score (nSPS) is 19.0. The molecule has 1 aliphatic carbocycles. The fourth-order valence-corrected chi connectivity index (χ4v) is 4.80. The van der Waals surface area contributed by atoms with E-state index in [1.54, 1.807) is 24.7 Å². The van der Waals surface area contributed by atoms with Crippen LogP contribution < -0.4 is 0 Å². The van der Waals surface area contributed by atoms with E-state index in [2.05, 4.69) is 19.9 Å². The van der Waals surface area contributed by atoms with E-state index in [-0.39, 0.29) is 11.9 Å². The van der Waals surface area contributed by atoms with E-state index in [0.29, 0.717) is 21.8 Å². The fraction of sp³-hybridized carbons (Fsp3) is 0.360. The molecule has 2 aliphatic rings. The minimum Gasteiger partial charge on any atom is -0.335 e. The van der Waals surface area contributed by atoms with Crippen molar-refractivity contribution in [2.24, 2.45) is 5.41 Å².